The summed E-state index contributed by atoms with van der Waals surface area (Å²) in [6.45, 7) is 9.25. The Bertz CT molecular complexity index is 618. The zero-order valence-electron chi connectivity index (χ0n) is 15.4. The fourth-order valence-electron chi connectivity index (χ4n) is 3.34. The van der Waals surface area contributed by atoms with E-state index in [0.29, 0.717) is 37.1 Å². The molecular formula is C19H28ClN3O3. The van der Waals surface area contributed by atoms with Gasteiger partial charge in [-0.25, -0.2) is 0 Å². The highest BCUT2D eigenvalue weighted by molar-refractivity contribution is 6.32. The maximum absolute atomic E-state index is 11.7. The lowest BCUT2D eigenvalue weighted by Crippen LogP contribution is -2.49. The van der Waals surface area contributed by atoms with Crippen LogP contribution >= 0.6 is 11.6 Å². The lowest BCUT2D eigenvalue weighted by atomic mass is 10.1. The van der Waals surface area contributed by atoms with Gasteiger partial charge in [0, 0.05) is 45.7 Å². The summed E-state index contributed by atoms with van der Waals surface area (Å²) in [5.74, 6) is 1.55. The van der Waals surface area contributed by atoms with Gasteiger partial charge in [-0.15, -0.1) is 0 Å². The number of hydrogen-bond acceptors (Lipinski definition) is 5. The minimum atomic E-state index is 0.114. The summed E-state index contributed by atoms with van der Waals surface area (Å²) < 4.78 is 11.4. The van der Waals surface area contributed by atoms with Gasteiger partial charge in [0.05, 0.1) is 24.8 Å². The van der Waals surface area contributed by atoms with E-state index in [0.717, 1.165) is 51.3 Å². The molecule has 2 aliphatic rings. The Balaban J connectivity index is 1.47. The zero-order chi connectivity index (χ0) is 18.4. The van der Waals surface area contributed by atoms with Crippen LogP contribution in [0.15, 0.2) is 12.1 Å². The van der Waals surface area contributed by atoms with Crippen molar-refractivity contribution >= 4 is 17.5 Å². The molecule has 26 heavy (non-hydrogen) atoms. The molecule has 6 nitrogen and oxygen atoms in total. The lowest BCUT2D eigenvalue weighted by molar-refractivity contribution is -0.122. The van der Waals surface area contributed by atoms with Gasteiger partial charge in [0.25, 0.3) is 0 Å². The largest absolute Gasteiger partial charge is 0.489 e. The molecule has 1 aromatic rings. The molecule has 0 bridgehead atoms. The first kappa shape index (κ1) is 19.3. The third kappa shape index (κ3) is 5.25. The number of nitrogens with zero attached hydrogens (tertiary/aromatic N) is 2. The molecule has 0 spiro atoms. The number of benzene rings is 1. The molecule has 0 unspecified atom stereocenters. The summed E-state index contributed by atoms with van der Waals surface area (Å²) in [6, 6.07) is 4.04. The van der Waals surface area contributed by atoms with Crippen molar-refractivity contribution in [1.29, 1.82) is 0 Å². The van der Waals surface area contributed by atoms with Crippen LogP contribution in [0.2, 0.25) is 5.02 Å². The zero-order valence-corrected chi connectivity index (χ0v) is 16.2. The van der Waals surface area contributed by atoms with Crippen molar-refractivity contribution in [1.82, 2.24) is 15.1 Å². The molecule has 1 aromatic carbocycles. The number of ether oxygens (including phenoxy) is 2. The van der Waals surface area contributed by atoms with Crippen LogP contribution < -0.4 is 14.8 Å². The molecular weight excluding hydrogens is 354 g/mol. The van der Waals surface area contributed by atoms with E-state index in [-0.39, 0.29) is 5.91 Å². The highest BCUT2D eigenvalue weighted by atomic mass is 35.5. The van der Waals surface area contributed by atoms with E-state index in [4.69, 9.17) is 21.1 Å². The van der Waals surface area contributed by atoms with Gasteiger partial charge in [0.2, 0.25) is 5.91 Å². The first-order chi connectivity index (χ1) is 12.7. The van der Waals surface area contributed by atoms with E-state index in [9.17, 15) is 4.79 Å². The quantitative estimate of drug-likeness (QED) is 0.814. The fourth-order valence-corrected chi connectivity index (χ4v) is 3.63. The lowest BCUT2D eigenvalue weighted by Gasteiger charge is -2.34. The van der Waals surface area contributed by atoms with Gasteiger partial charge in [-0.3, -0.25) is 9.69 Å². The van der Waals surface area contributed by atoms with Crippen molar-refractivity contribution < 1.29 is 14.3 Å². The van der Waals surface area contributed by atoms with Crippen LogP contribution in [0.25, 0.3) is 0 Å². The summed E-state index contributed by atoms with van der Waals surface area (Å²) in [6.07, 6.45) is 1.80. The number of likely N-dealkylation sites (N-methyl/N-ethyl adjacent to an activating group) is 1. The number of fused-ring (bicyclic) bond motifs is 1. The fraction of sp³-hybridized carbons (Fsp3) is 0.632. The normalized spacial score (nSPS) is 18.4. The molecule has 144 valence electrons. The monoisotopic (exact) mass is 381 g/mol. The molecule has 3 rings (SSSR count). The Labute approximate surface area is 160 Å². The molecule has 7 heteroatoms. The maximum Gasteiger partial charge on any atom is 0.234 e. The van der Waals surface area contributed by atoms with Gasteiger partial charge >= 0.3 is 0 Å². The average molecular weight is 382 g/mol. The summed E-state index contributed by atoms with van der Waals surface area (Å²) >= 11 is 6.37. The van der Waals surface area contributed by atoms with Crippen LogP contribution in [-0.4, -0.2) is 74.7 Å². The molecule has 2 aliphatic heterocycles. The van der Waals surface area contributed by atoms with Crippen molar-refractivity contribution in [3.05, 3.63) is 22.7 Å². The Kier molecular flexibility index (Phi) is 7.00. The number of piperazine rings is 1. The second-order valence-corrected chi connectivity index (χ2v) is 7.18. The van der Waals surface area contributed by atoms with Crippen molar-refractivity contribution in [3.63, 3.8) is 0 Å². The summed E-state index contributed by atoms with van der Waals surface area (Å²) in [4.78, 5) is 16.3. The molecule has 2 heterocycles. The van der Waals surface area contributed by atoms with Crippen LogP contribution in [0.4, 0.5) is 0 Å². The first-order valence-corrected chi connectivity index (χ1v) is 9.83. The smallest absolute Gasteiger partial charge is 0.234 e. The van der Waals surface area contributed by atoms with Gasteiger partial charge in [0.1, 0.15) is 0 Å². The van der Waals surface area contributed by atoms with Gasteiger partial charge < -0.3 is 19.7 Å². The van der Waals surface area contributed by atoms with Gasteiger partial charge in [-0.1, -0.05) is 11.6 Å². The Morgan fingerprint density at radius 1 is 1.15 bits per heavy atom. The van der Waals surface area contributed by atoms with E-state index >= 15 is 0 Å². The summed E-state index contributed by atoms with van der Waals surface area (Å²) in [5, 5.41) is 3.49. The van der Waals surface area contributed by atoms with Crippen molar-refractivity contribution in [2.45, 2.75) is 19.8 Å². The molecule has 1 amide bonds. The second kappa shape index (κ2) is 9.44. The Hall–Kier alpha value is -1.50. The van der Waals surface area contributed by atoms with Gasteiger partial charge in [-0.2, -0.15) is 0 Å². The highest BCUT2D eigenvalue weighted by Crippen LogP contribution is 2.38. The van der Waals surface area contributed by atoms with E-state index < -0.39 is 0 Å². The van der Waals surface area contributed by atoms with Gasteiger partial charge in [0.15, 0.2) is 11.5 Å². The van der Waals surface area contributed by atoms with Crippen LogP contribution in [0.3, 0.4) is 0 Å². The van der Waals surface area contributed by atoms with Gasteiger partial charge in [-0.05, 0) is 31.0 Å². The minimum absolute atomic E-state index is 0.114. The SMILES string of the molecule is CCNC(=O)CN1CCN(CCc2cc(Cl)c3c(c2)OCCCO3)CC1. The third-order valence-corrected chi connectivity index (χ3v) is 5.07. The van der Waals surface area contributed by atoms with E-state index in [1.165, 1.54) is 5.56 Å². The average Bonchev–Trinajstić information content (AvgIpc) is 2.87. The maximum atomic E-state index is 11.7. The van der Waals surface area contributed by atoms with Crippen molar-refractivity contribution in [2.75, 3.05) is 59.0 Å². The molecule has 1 saturated heterocycles. The molecule has 1 fully saturated rings. The molecule has 0 aromatic heterocycles. The number of halogens is 1. The first-order valence-electron chi connectivity index (χ1n) is 9.45. The Morgan fingerprint density at radius 2 is 1.88 bits per heavy atom. The van der Waals surface area contributed by atoms with E-state index in [1.54, 1.807) is 0 Å². The van der Waals surface area contributed by atoms with Crippen LogP contribution in [0.1, 0.15) is 18.9 Å². The van der Waals surface area contributed by atoms with Crippen molar-refractivity contribution in [3.8, 4) is 11.5 Å². The van der Waals surface area contributed by atoms with Crippen LogP contribution in [-0.2, 0) is 11.2 Å². The molecule has 1 N–H and O–H groups in total. The number of carbonyl (C=O) groups is 1. The standard InChI is InChI=1S/C19H28ClN3O3/c1-2-21-18(24)14-23-8-6-22(7-9-23)5-4-15-12-16(20)19-17(13-15)25-10-3-11-26-19/h12-13H,2-11,14H2,1H3,(H,21,24). The topological polar surface area (TPSA) is 54.0 Å². The number of hydrogen-bond donors (Lipinski definition) is 1. The number of amides is 1. The molecule has 0 aliphatic carbocycles. The number of nitrogens with one attached hydrogen (secondary N) is 1. The third-order valence-electron chi connectivity index (χ3n) is 4.78. The highest BCUT2D eigenvalue weighted by Gasteiger charge is 2.19. The molecule has 0 radical (unpaired) electrons. The van der Waals surface area contributed by atoms with E-state index in [1.807, 2.05) is 13.0 Å². The number of carbonyl (C=O) groups excluding carboxylic acids is 1. The minimum Gasteiger partial charge on any atom is -0.489 e. The number of rotatable bonds is 6. The predicted molar refractivity (Wildman–Crippen MR) is 102 cm³/mol. The molecule has 0 saturated carbocycles. The van der Waals surface area contributed by atoms with Crippen molar-refractivity contribution in [2.24, 2.45) is 0 Å². The summed E-state index contributed by atoms with van der Waals surface area (Å²) in [7, 11) is 0. The van der Waals surface area contributed by atoms with Crippen LogP contribution in [0.5, 0.6) is 11.5 Å². The summed E-state index contributed by atoms with van der Waals surface area (Å²) in [5.41, 5.74) is 1.17. The Morgan fingerprint density at radius 3 is 2.65 bits per heavy atom. The van der Waals surface area contributed by atoms with E-state index in [2.05, 4.69) is 21.2 Å². The molecule has 0 atom stereocenters. The van der Waals surface area contributed by atoms with Crippen LogP contribution in [0, 0.1) is 0 Å². The predicted octanol–water partition coefficient (Wildman–Crippen LogP) is 1.80. The second-order valence-electron chi connectivity index (χ2n) is 6.78.